The van der Waals surface area contributed by atoms with E-state index in [0.29, 0.717) is 18.5 Å². The molecule has 5 nitrogen and oxygen atoms in total. The van der Waals surface area contributed by atoms with E-state index < -0.39 is 12.0 Å². The number of rotatable bonds is 7. The summed E-state index contributed by atoms with van der Waals surface area (Å²) in [5.74, 6) is -0.650. The fraction of sp³-hybridized carbons (Fsp3) is 0.429. The number of hydrogen-bond acceptors (Lipinski definition) is 4. The molecule has 0 aliphatic carbocycles. The first-order valence-electron chi connectivity index (χ1n) is 6.32. The second-order valence-electron chi connectivity index (χ2n) is 4.04. The van der Waals surface area contributed by atoms with Gasteiger partial charge in [-0.15, -0.1) is 0 Å². The Kier molecular flexibility index (Phi) is 6.60. The smallest absolute Gasteiger partial charge is 0.333 e. The van der Waals surface area contributed by atoms with Crippen LogP contribution in [0.15, 0.2) is 30.3 Å². The summed E-state index contributed by atoms with van der Waals surface area (Å²) in [5, 5.41) is 5.75. The predicted octanol–water partition coefficient (Wildman–Crippen LogP) is 1.02. The first kappa shape index (κ1) is 15.2. The van der Waals surface area contributed by atoms with Gasteiger partial charge in [-0.2, -0.15) is 0 Å². The monoisotopic (exact) mass is 264 g/mol. The molecule has 1 aromatic rings. The van der Waals surface area contributed by atoms with Crippen molar-refractivity contribution >= 4 is 11.9 Å². The van der Waals surface area contributed by atoms with Crippen molar-refractivity contribution in [3.05, 3.63) is 35.9 Å². The highest BCUT2D eigenvalue weighted by Crippen LogP contribution is 2.14. The summed E-state index contributed by atoms with van der Waals surface area (Å²) in [7, 11) is 1.31. The van der Waals surface area contributed by atoms with Crippen LogP contribution in [0.25, 0.3) is 0 Å². The Bertz CT molecular complexity index is 406. The van der Waals surface area contributed by atoms with E-state index in [0.717, 1.165) is 6.54 Å². The predicted molar refractivity (Wildman–Crippen MR) is 72.5 cm³/mol. The maximum absolute atomic E-state index is 11.8. The lowest BCUT2D eigenvalue weighted by Crippen LogP contribution is -2.35. The van der Waals surface area contributed by atoms with Gasteiger partial charge in [0.1, 0.15) is 0 Å². The highest BCUT2D eigenvalue weighted by Gasteiger charge is 2.22. The van der Waals surface area contributed by atoms with E-state index in [-0.39, 0.29) is 5.91 Å². The molecule has 0 spiro atoms. The van der Waals surface area contributed by atoms with Crippen molar-refractivity contribution in [2.24, 2.45) is 0 Å². The lowest BCUT2D eigenvalue weighted by molar-refractivity contribution is -0.145. The summed E-state index contributed by atoms with van der Waals surface area (Å²) in [5.41, 5.74) is 0.714. The average molecular weight is 264 g/mol. The van der Waals surface area contributed by atoms with E-state index in [2.05, 4.69) is 10.6 Å². The summed E-state index contributed by atoms with van der Waals surface area (Å²) in [4.78, 5) is 23.5. The van der Waals surface area contributed by atoms with Gasteiger partial charge in [0.05, 0.1) is 7.11 Å². The van der Waals surface area contributed by atoms with Crippen LogP contribution in [0.2, 0.25) is 0 Å². The van der Waals surface area contributed by atoms with Crippen LogP contribution in [0.3, 0.4) is 0 Å². The van der Waals surface area contributed by atoms with Gasteiger partial charge < -0.3 is 15.4 Å². The second kappa shape index (κ2) is 8.26. The molecule has 0 fully saturated rings. The van der Waals surface area contributed by atoms with Crippen LogP contribution in [0, 0.1) is 0 Å². The second-order valence-corrected chi connectivity index (χ2v) is 4.04. The molecule has 1 atom stereocenters. The molecule has 0 saturated carbocycles. The summed E-state index contributed by atoms with van der Waals surface area (Å²) in [6, 6.07) is 8.30. The minimum Gasteiger partial charge on any atom is -0.467 e. The van der Waals surface area contributed by atoms with Crippen LogP contribution in [-0.4, -0.2) is 32.1 Å². The number of carbonyl (C=O) groups excluding carboxylic acids is 2. The van der Waals surface area contributed by atoms with E-state index in [4.69, 9.17) is 4.74 Å². The Labute approximate surface area is 113 Å². The lowest BCUT2D eigenvalue weighted by atomic mass is 10.1. The summed E-state index contributed by atoms with van der Waals surface area (Å²) in [6.45, 7) is 3.37. The molecule has 2 N–H and O–H groups in total. The Morgan fingerprint density at radius 3 is 2.53 bits per heavy atom. The molecular weight excluding hydrogens is 244 g/mol. The molecule has 1 aromatic carbocycles. The van der Waals surface area contributed by atoms with Crippen LogP contribution in [-0.2, 0) is 14.3 Å². The van der Waals surface area contributed by atoms with Crippen LogP contribution in [0.5, 0.6) is 0 Å². The first-order valence-corrected chi connectivity index (χ1v) is 6.32. The molecule has 0 heterocycles. The molecule has 0 radical (unpaired) electrons. The molecule has 19 heavy (non-hydrogen) atoms. The maximum Gasteiger partial charge on any atom is 0.333 e. The topological polar surface area (TPSA) is 67.4 Å². The number of benzene rings is 1. The van der Waals surface area contributed by atoms with E-state index in [1.807, 2.05) is 25.1 Å². The largest absolute Gasteiger partial charge is 0.467 e. The molecule has 1 rings (SSSR count). The normalized spacial score (nSPS) is 11.7. The number of carbonyl (C=O) groups is 2. The van der Waals surface area contributed by atoms with Gasteiger partial charge in [0.15, 0.2) is 6.04 Å². The number of methoxy groups -OCH3 is 1. The third kappa shape index (κ3) is 5.09. The highest BCUT2D eigenvalue weighted by molar-refractivity contribution is 5.85. The highest BCUT2D eigenvalue weighted by atomic mass is 16.5. The van der Waals surface area contributed by atoms with Crippen molar-refractivity contribution in [2.45, 2.75) is 19.4 Å². The van der Waals surface area contributed by atoms with Crippen LogP contribution in [0.4, 0.5) is 0 Å². The fourth-order valence-corrected chi connectivity index (χ4v) is 1.65. The Morgan fingerprint density at radius 1 is 1.26 bits per heavy atom. The zero-order chi connectivity index (χ0) is 14.1. The van der Waals surface area contributed by atoms with E-state index >= 15 is 0 Å². The quantitative estimate of drug-likeness (QED) is 0.570. The van der Waals surface area contributed by atoms with Crippen molar-refractivity contribution in [1.29, 1.82) is 0 Å². The summed E-state index contributed by atoms with van der Waals surface area (Å²) >= 11 is 0. The van der Waals surface area contributed by atoms with Gasteiger partial charge in [0.25, 0.3) is 0 Å². The van der Waals surface area contributed by atoms with Crippen molar-refractivity contribution < 1.29 is 14.3 Å². The number of ether oxygens (including phenoxy) is 1. The fourth-order valence-electron chi connectivity index (χ4n) is 1.65. The van der Waals surface area contributed by atoms with Gasteiger partial charge in [-0.05, 0) is 12.1 Å². The van der Waals surface area contributed by atoms with Gasteiger partial charge in [0, 0.05) is 13.0 Å². The molecular formula is C14H20N2O3. The van der Waals surface area contributed by atoms with Crippen LogP contribution < -0.4 is 10.6 Å². The minimum absolute atomic E-state index is 0.180. The molecule has 1 amide bonds. The SMILES string of the molecule is CCNCCC(=O)NC(C(=O)OC)c1ccccc1. The molecule has 0 aliphatic rings. The Balaban J connectivity index is 2.66. The molecule has 1 unspecified atom stereocenters. The zero-order valence-electron chi connectivity index (χ0n) is 11.3. The third-order valence-electron chi connectivity index (χ3n) is 2.65. The van der Waals surface area contributed by atoms with Gasteiger partial charge in [0.2, 0.25) is 5.91 Å². The number of esters is 1. The molecule has 104 valence electrons. The molecule has 0 aliphatic heterocycles. The first-order chi connectivity index (χ1) is 9.19. The third-order valence-corrected chi connectivity index (χ3v) is 2.65. The van der Waals surface area contributed by atoms with Gasteiger partial charge in [-0.25, -0.2) is 4.79 Å². The van der Waals surface area contributed by atoms with Gasteiger partial charge in [-0.3, -0.25) is 4.79 Å². The van der Waals surface area contributed by atoms with Crippen molar-refractivity contribution in [2.75, 3.05) is 20.2 Å². The van der Waals surface area contributed by atoms with Crippen molar-refractivity contribution in [3.63, 3.8) is 0 Å². The van der Waals surface area contributed by atoms with Gasteiger partial charge in [-0.1, -0.05) is 37.3 Å². The Morgan fingerprint density at radius 2 is 1.95 bits per heavy atom. The van der Waals surface area contributed by atoms with Gasteiger partial charge >= 0.3 is 5.97 Å². The van der Waals surface area contributed by atoms with E-state index in [1.165, 1.54) is 7.11 Å². The minimum atomic E-state index is -0.750. The van der Waals surface area contributed by atoms with Crippen LogP contribution >= 0.6 is 0 Å². The Hall–Kier alpha value is -1.88. The summed E-state index contributed by atoms with van der Waals surface area (Å²) < 4.78 is 4.72. The summed E-state index contributed by atoms with van der Waals surface area (Å²) in [6.07, 6.45) is 0.328. The number of hydrogen-bond donors (Lipinski definition) is 2. The molecule has 0 aromatic heterocycles. The lowest BCUT2D eigenvalue weighted by Gasteiger charge is -2.16. The van der Waals surface area contributed by atoms with E-state index in [1.54, 1.807) is 12.1 Å². The number of nitrogens with one attached hydrogen (secondary N) is 2. The standard InChI is InChI=1S/C14H20N2O3/c1-3-15-10-9-12(17)16-13(14(18)19-2)11-7-5-4-6-8-11/h4-8,13,15H,3,9-10H2,1-2H3,(H,16,17). The average Bonchev–Trinajstić information content (AvgIpc) is 2.45. The van der Waals surface area contributed by atoms with E-state index in [9.17, 15) is 9.59 Å². The van der Waals surface area contributed by atoms with Crippen LogP contribution in [0.1, 0.15) is 24.9 Å². The molecule has 0 bridgehead atoms. The zero-order valence-corrected chi connectivity index (χ0v) is 11.3. The molecule has 0 saturated heterocycles. The van der Waals surface area contributed by atoms with Crippen molar-refractivity contribution in [3.8, 4) is 0 Å². The van der Waals surface area contributed by atoms with Crippen molar-refractivity contribution in [1.82, 2.24) is 10.6 Å². The molecule has 5 heteroatoms. The maximum atomic E-state index is 11.8. The number of amides is 1.